The minimum atomic E-state index is 0.546. The second kappa shape index (κ2) is 11.5. The van der Waals surface area contributed by atoms with Crippen LogP contribution in [-0.4, -0.2) is 25.9 Å². The van der Waals surface area contributed by atoms with E-state index < -0.39 is 0 Å². The van der Waals surface area contributed by atoms with E-state index >= 15 is 0 Å². The van der Waals surface area contributed by atoms with Crippen LogP contribution in [0.1, 0.15) is 57.1 Å². The molecule has 0 amide bonds. The molecule has 1 aliphatic heterocycles. The number of methoxy groups -OCH3 is 1. The molecule has 2 aromatic rings. The van der Waals surface area contributed by atoms with Crippen LogP contribution >= 0.6 is 0 Å². The summed E-state index contributed by atoms with van der Waals surface area (Å²) in [6.07, 6.45) is 6.13. The van der Waals surface area contributed by atoms with Crippen molar-refractivity contribution in [3.63, 3.8) is 0 Å². The number of anilines is 1. The van der Waals surface area contributed by atoms with Gasteiger partial charge in [-0.1, -0.05) is 62.6 Å². The van der Waals surface area contributed by atoms with E-state index in [4.69, 9.17) is 10.1 Å². The topological polar surface area (TPSA) is 36.3 Å². The van der Waals surface area contributed by atoms with Gasteiger partial charge in [0.05, 0.1) is 7.11 Å². The number of nitrogens with zero attached hydrogens (tertiary/aromatic N) is 1. The normalized spacial score (nSPS) is 14.1. The van der Waals surface area contributed by atoms with Crippen LogP contribution in [0.4, 0.5) is 5.69 Å². The lowest BCUT2D eigenvalue weighted by molar-refractivity contribution is 0.414. The van der Waals surface area contributed by atoms with E-state index in [2.05, 4.69) is 49.9 Å². The molecule has 1 heterocycles. The van der Waals surface area contributed by atoms with E-state index in [9.17, 15) is 0 Å². The lowest BCUT2D eigenvalue weighted by atomic mass is 9.98. The van der Waals surface area contributed by atoms with Gasteiger partial charge in [0.25, 0.3) is 0 Å². The monoisotopic (exact) mass is 380 g/mol. The average Bonchev–Trinajstić information content (AvgIpc) is 2.98. The van der Waals surface area contributed by atoms with Crippen LogP contribution in [-0.2, 0) is 0 Å². The number of para-hydroxylation sites is 1. The molecule has 0 bridgehead atoms. The summed E-state index contributed by atoms with van der Waals surface area (Å²) < 4.78 is 4.97. The van der Waals surface area contributed by atoms with Gasteiger partial charge in [-0.25, -0.2) is 0 Å². The molecule has 0 saturated carbocycles. The molecule has 3 rings (SSSR count). The zero-order valence-electron chi connectivity index (χ0n) is 18.0. The van der Waals surface area contributed by atoms with Crippen LogP contribution in [0.2, 0.25) is 0 Å². The van der Waals surface area contributed by atoms with Gasteiger partial charge in [0.2, 0.25) is 0 Å². The molecule has 1 fully saturated rings. The maximum Gasteiger partial charge on any atom is 0.118 e. The van der Waals surface area contributed by atoms with Gasteiger partial charge < -0.3 is 15.0 Å². The number of aryl methyl sites for hydroxylation is 1. The largest absolute Gasteiger partial charge is 0.497 e. The summed E-state index contributed by atoms with van der Waals surface area (Å²) >= 11 is 0. The first-order valence-electron chi connectivity index (χ1n) is 10.5. The maximum atomic E-state index is 8.35. The highest BCUT2D eigenvalue weighted by Crippen LogP contribution is 2.25. The molecular weight excluding hydrogens is 344 g/mol. The molecule has 0 aromatic heterocycles. The number of hydrogen-bond acceptors (Lipinski definition) is 3. The maximum absolute atomic E-state index is 8.35. The highest BCUT2D eigenvalue weighted by Gasteiger charge is 2.15. The Morgan fingerprint density at radius 3 is 2.14 bits per heavy atom. The van der Waals surface area contributed by atoms with Crippen LogP contribution in [0.15, 0.2) is 48.5 Å². The molecule has 0 atom stereocenters. The Morgan fingerprint density at radius 2 is 1.57 bits per heavy atom. The molecule has 1 saturated heterocycles. The van der Waals surface area contributed by atoms with E-state index in [0.717, 1.165) is 36.5 Å². The van der Waals surface area contributed by atoms with Gasteiger partial charge in [0.1, 0.15) is 5.75 Å². The van der Waals surface area contributed by atoms with Gasteiger partial charge >= 0.3 is 0 Å². The minimum absolute atomic E-state index is 0.546. The fourth-order valence-corrected chi connectivity index (χ4v) is 3.51. The molecule has 3 nitrogen and oxygen atoms in total. The number of ether oxygens (including phenoxy) is 1. The van der Waals surface area contributed by atoms with Crippen molar-refractivity contribution < 1.29 is 4.74 Å². The Labute approximate surface area is 171 Å². The van der Waals surface area contributed by atoms with Gasteiger partial charge in [-0.15, -0.1) is 0 Å². The van der Waals surface area contributed by atoms with Crippen molar-refractivity contribution in [3.8, 4) is 5.75 Å². The quantitative estimate of drug-likeness (QED) is 0.602. The van der Waals surface area contributed by atoms with Gasteiger partial charge in [0, 0.05) is 30.1 Å². The van der Waals surface area contributed by atoms with Gasteiger partial charge in [-0.3, -0.25) is 0 Å². The third-order valence-electron chi connectivity index (χ3n) is 5.04. The smallest absolute Gasteiger partial charge is 0.118 e. The summed E-state index contributed by atoms with van der Waals surface area (Å²) in [5.74, 6) is 1.46. The van der Waals surface area contributed by atoms with E-state index in [-0.39, 0.29) is 0 Å². The molecule has 3 heteroatoms. The SMILES string of the molecule is CC(C)CC(=N)c1ccccc1N1CCCCCC1.COc1ccc(C)cc1. The molecule has 152 valence electrons. The average molecular weight is 381 g/mol. The predicted octanol–water partition coefficient (Wildman–Crippen LogP) is 6.48. The first-order chi connectivity index (χ1) is 13.5. The highest BCUT2D eigenvalue weighted by molar-refractivity contribution is 6.03. The van der Waals surface area contributed by atoms with Crippen molar-refractivity contribution in [2.75, 3.05) is 25.1 Å². The molecule has 0 radical (unpaired) electrons. The Kier molecular flexibility index (Phi) is 9.06. The minimum Gasteiger partial charge on any atom is -0.497 e. The highest BCUT2D eigenvalue weighted by atomic mass is 16.5. The standard InChI is InChI=1S/C17H26N2.C8H10O/c1-14(2)13-16(18)15-9-5-6-10-17(15)19-11-7-3-4-8-12-19;1-7-3-5-8(9-2)6-4-7/h5-6,9-10,14,18H,3-4,7-8,11-13H2,1-2H3;3-6H,1-2H3. The van der Waals surface area contributed by atoms with E-state index in [1.165, 1.54) is 36.9 Å². The summed E-state index contributed by atoms with van der Waals surface area (Å²) in [6.45, 7) is 8.71. The van der Waals surface area contributed by atoms with Crippen LogP contribution in [0.3, 0.4) is 0 Å². The summed E-state index contributed by atoms with van der Waals surface area (Å²) in [5.41, 5.74) is 4.46. The van der Waals surface area contributed by atoms with Crippen molar-refractivity contribution in [3.05, 3.63) is 59.7 Å². The summed E-state index contributed by atoms with van der Waals surface area (Å²) in [7, 11) is 1.67. The summed E-state index contributed by atoms with van der Waals surface area (Å²) in [6, 6.07) is 16.4. The first kappa shape index (κ1) is 22.0. The molecule has 1 N–H and O–H groups in total. The van der Waals surface area contributed by atoms with Crippen molar-refractivity contribution in [2.24, 2.45) is 5.92 Å². The van der Waals surface area contributed by atoms with Crippen LogP contribution < -0.4 is 9.64 Å². The Hall–Kier alpha value is -2.29. The fraction of sp³-hybridized carbons (Fsp3) is 0.480. The molecule has 0 unspecified atom stereocenters. The van der Waals surface area contributed by atoms with Crippen molar-refractivity contribution in [2.45, 2.75) is 52.9 Å². The van der Waals surface area contributed by atoms with Crippen molar-refractivity contribution in [1.29, 1.82) is 5.41 Å². The van der Waals surface area contributed by atoms with E-state index in [0.29, 0.717) is 5.92 Å². The second-order valence-electron chi connectivity index (χ2n) is 8.01. The second-order valence-corrected chi connectivity index (χ2v) is 8.01. The van der Waals surface area contributed by atoms with Crippen LogP contribution in [0, 0.1) is 18.3 Å². The van der Waals surface area contributed by atoms with Crippen molar-refractivity contribution in [1.82, 2.24) is 0 Å². The van der Waals surface area contributed by atoms with Crippen LogP contribution in [0.5, 0.6) is 5.75 Å². The number of rotatable bonds is 5. The predicted molar refractivity (Wildman–Crippen MR) is 121 cm³/mol. The lowest BCUT2D eigenvalue weighted by Gasteiger charge is -2.26. The third-order valence-corrected chi connectivity index (χ3v) is 5.04. The number of benzene rings is 2. The molecule has 0 spiro atoms. The summed E-state index contributed by atoms with van der Waals surface area (Å²) in [5, 5.41) is 8.35. The lowest BCUT2D eigenvalue weighted by Crippen LogP contribution is -2.26. The van der Waals surface area contributed by atoms with Crippen molar-refractivity contribution >= 4 is 11.4 Å². The van der Waals surface area contributed by atoms with Gasteiger partial charge in [0.15, 0.2) is 0 Å². The molecule has 1 aliphatic rings. The van der Waals surface area contributed by atoms with Gasteiger partial charge in [-0.05, 0) is 50.3 Å². The third kappa shape index (κ3) is 7.03. The Bertz CT molecular complexity index is 714. The zero-order chi connectivity index (χ0) is 20.4. The molecule has 28 heavy (non-hydrogen) atoms. The fourth-order valence-electron chi connectivity index (χ4n) is 3.51. The van der Waals surface area contributed by atoms with Crippen LogP contribution in [0.25, 0.3) is 0 Å². The molecule has 0 aliphatic carbocycles. The number of hydrogen-bond donors (Lipinski definition) is 1. The summed E-state index contributed by atoms with van der Waals surface area (Å²) in [4.78, 5) is 2.48. The first-order valence-corrected chi connectivity index (χ1v) is 10.5. The molecular formula is C25H36N2O. The van der Waals surface area contributed by atoms with E-state index in [1.54, 1.807) is 7.11 Å². The van der Waals surface area contributed by atoms with Gasteiger partial charge in [-0.2, -0.15) is 0 Å². The Balaban J connectivity index is 0.000000261. The van der Waals surface area contributed by atoms with E-state index in [1.807, 2.05) is 24.3 Å². The zero-order valence-corrected chi connectivity index (χ0v) is 18.0. The number of nitrogens with one attached hydrogen (secondary N) is 1. The molecule has 2 aromatic carbocycles. The Morgan fingerprint density at radius 1 is 0.964 bits per heavy atom.